The molecular formula is C21H15N3O4S2. The van der Waals surface area contributed by atoms with Crippen LogP contribution in [0.2, 0.25) is 0 Å². The highest BCUT2D eigenvalue weighted by atomic mass is 32.2. The van der Waals surface area contributed by atoms with Crippen molar-refractivity contribution < 1.29 is 17.6 Å². The fourth-order valence-electron chi connectivity index (χ4n) is 2.87. The number of sulfone groups is 1. The van der Waals surface area contributed by atoms with E-state index >= 15 is 0 Å². The zero-order chi connectivity index (χ0) is 21.3. The lowest BCUT2D eigenvalue weighted by Crippen LogP contribution is -2.30. The molecule has 0 spiro atoms. The fourth-order valence-corrected chi connectivity index (χ4v) is 4.59. The Hall–Kier alpha value is -3.48. The van der Waals surface area contributed by atoms with Crippen molar-refractivity contribution in [2.75, 3.05) is 11.2 Å². The third kappa shape index (κ3) is 3.96. The van der Waals surface area contributed by atoms with Crippen LogP contribution in [0.25, 0.3) is 10.2 Å². The van der Waals surface area contributed by atoms with Gasteiger partial charge >= 0.3 is 0 Å². The Kier molecular flexibility index (Phi) is 5.11. The summed E-state index contributed by atoms with van der Waals surface area (Å²) in [6, 6.07) is 16.5. The largest absolute Gasteiger partial charge is 0.467 e. The first kappa shape index (κ1) is 19.8. The van der Waals surface area contributed by atoms with Crippen molar-refractivity contribution in [1.29, 1.82) is 5.26 Å². The number of carbonyl (C=O) groups is 1. The molecule has 150 valence electrons. The van der Waals surface area contributed by atoms with Crippen LogP contribution in [0.4, 0.5) is 5.13 Å². The highest BCUT2D eigenvalue weighted by Gasteiger charge is 2.23. The summed E-state index contributed by atoms with van der Waals surface area (Å²) in [6.07, 6.45) is 2.67. The van der Waals surface area contributed by atoms with Crippen molar-refractivity contribution in [1.82, 2.24) is 4.98 Å². The van der Waals surface area contributed by atoms with Gasteiger partial charge in [-0.1, -0.05) is 11.3 Å². The Morgan fingerprint density at radius 1 is 1.20 bits per heavy atom. The van der Waals surface area contributed by atoms with Gasteiger partial charge in [0.15, 0.2) is 15.0 Å². The zero-order valence-corrected chi connectivity index (χ0v) is 17.4. The molecule has 0 saturated heterocycles. The van der Waals surface area contributed by atoms with E-state index in [1.54, 1.807) is 48.5 Å². The van der Waals surface area contributed by atoms with E-state index in [1.165, 1.54) is 28.6 Å². The van der Waals surface area contributed by atoms with Gasteiger partial charge in [-0.25, -0.2) is 13.4 Å². The average molecular weight is 438 g/mol. The van der Waals surface area contributed by atoms with E-state index in [0.29, 0.717) is 32.2 Å². The molecular weight excluding hydrogens is 422 g/mol. The normalized spacial score (nSPS) is 11.3. The molecule has 0 saturated carbocycles. The van der Waals surface area contributed by atoms with Gasteiger partial charge in [0.25, 0.3) is 5.91 Å². The average Bonchev–Trinajstić information content (AvgIpc) is 3.39. The summed E-state index contributed by atoms with van der Waals surface area (Å²) < 4.78 is 29.8. The first-order valence-corrected chi connectivity index (χ1v) is 11.5. The summed E-state index contributed by atoms with van der Waals surface area (Å²) in [4.78, 5) is 19.5. The lowest BCUT2D eigenvalue weighted by atomic mass is 10.1. The Labute approximate surface area is 176 Å². The van der Waals surface area contributed by atoms with E-state index in [2.05, 4.69) is 4.98 Å². The Bertz CT molecular complexity index is 1370. The fraction of sp³-hybridized carbons (Fsp3) is 0.0952. The Balaban J connectivity index is 1.77. The van der Waals surface area contributed by atoms with Gasteiger partial charge in [0.2, 0.25) is 0 Å². The molecule has 0 fully saturated rings. The molecule has 0 atom stereocenters. The molecule has 0 aliphatic carbocycles. The summed E-state index contributed by atoms with van der Waals surface area (Å²) in [5.41, 5.74) is 1.45. The van der Waals surface area contributed by atoms with Crippen molar-refractivity contribution in [3.8, 4) is 6.07 Å². The van der Waals surface area contributed by atoms with Crippen LogP contribution in [0.1, 0.15) is 21.7 Å². The van der Waals surface area contributed by atoms with E-state index in [0.717, 1.165) is 6.26 Å². The molecule has 2 aromatic heterocycles. The maximum Gasteiger partial charge on any atom is 0.260 e. The molecule has 30 heavy (non-hydrogen) atoms. The van der Waals surface area contributed by atoms with Gasteiger partial charge in [-0.2, -0.15) is 5.26 Å². The number of hydrogen-bond donors (Lipinski definition) is 0. The summed E-state index contributed by atoms with van der Waals surface area (Å²) in [5.74, 6) is 0.270. The van der Waals surface area contributed by atoms with Crippen LogP contribution >= 0.6 is 11.3 Å². The number of fused-ring (bicyclic) bond motifs is 1. The minimum absolute atomic E-state index is 0.157. The van der Waals surface area contributed by atoms with Gasteiger partial charge in [0, 0.05) is 11.8 Å². The van der Waals surface area contributed by atoms with Gasteiger partial charge in [0.05, 0.1) is 39.6 Å². The van der Waals surface area contributed by atoms with Gasteiger partial charge in [-0.3, -0.25) is 9.69 Å². The molecule has 0 aliphatic rings. The molecule has 0 bridgehead atoms. The SMILES string of the molecule is CS(=O)(=O)c1ccc2nc(N(Cc3ccco3)C(=O)c3ccc(C#N)cc3)sc2c1. The first-order valence-electron chi connectivity index (χ1n) is 8.80. The van der Waals surface area contributed by atoms with E-state index in [4.69, 9.17) is 9.68 Å². The zero-order valence-electron chi connectivity index (χ0n) is 15.8. The third-order valence-corrected chi connectivity index (χ3v) is 6.56. The summed E-state index contributed by atoms with van der Waals surface area (Å²) in [5, 5.41) is 9.39. The maximum atomic E-state index is 13.2. The molecule has 7 nitrogen and oxygen atoms in total. The van der Waals surface area contributed by atoms with Crippen LogP contribution in [0.15, 0.2) is 70.2 Å². The lowest BCUT2D eigenvalue weighted by Gasteiger charge is -2.18. The first-order chi connectivity index (χ1) is 14.3. The topological polar surface area (TPSA) is 104 Å². The molecule has 1 amide bonds. The number of furan rings is 1. The van der Waals surface area contributed by atoms with Gasteiger partial charge in [-0.05, 0) is 54.6 Å². The second kappa shape index (κ2) is 7.74. The molecule has 4 rings (SSSR count). The monoisotopic (exact) mass is 437 g/mol. The molecule has 0 radical (unpaired) electrons. The van der Waals surface area contributed by atoms with Gasteiger partial charge < -0.3 is 4.42 Å². The summed E-state index contributed by atoms with van der Waals surface area (Å²) >= 11 is 1.22. The second-order valence-electron chi connectivity index (χ2n) is 6.56. The van der Waals surface area contributed by atoms with Crippen LogP contribution in [-0.4, -0.2) is 25.6 Å². The summed E-state index contributed by atoms with van der Waals surface area (Å²) in [6.45, 7) is 0.157. The van der Waals surface area contributed by atoms with E-state index in [1.807, 2.05) is 6.07 Å². The number of nitrogens with zero attached hydrogens (tertiary/aromatic N) is 3. The van der Waals surface area contributed by atoms with E-state index in [9.17, 15) is 13.2 Å². The van der Waals surface area contributed by atoms with Crippen LogP contribution < -0.4 is 4.90 Å². The Morgan fingerprint density at radius 3 is 2.60 bits per heavy atom. The van der Waals surface area contributed by atoms with Gasteiger partial charge in [0.1, 0.15) is 5.76 Å². The van der Waals surface area contributed by atoms with Crippen LogP contribution in [0.3, 0.4) is 0 Å². The van der Waals surface area contributed by atoms with E-state index < -0.39 is 9.84 Å². The standard InChI is InChI=1S/C21H15N3O4S2/c1-30(26,27)17-8-9-18-19(11-17)29-21(23-18)24(13-16-3-2-10-28-16)20(25)15-6-4-14(12-22)5-7-15/h2-11H,13H2,1H3. The number of amides is 1. The molecule has 0 N–H and O–H groups in total. The Morgan fingerprint density at radius 2 is 1.97 bits per heavy atom. The lowest BCUT2D eigenvalue weighted by molar-refractivity contribution is 0.0983. The van der Waals surface area contributed by atoms with Crippen molar-refractivity contribution in [2.24, 2.45) is 0 Å². The minimum Gasteiger partial charge on any atom is -0.467 e. The molecule has 4 aromatic rings. The number of rotatable bonds is 5. The van der Waals surface area contributed by atoms with Crippen LogP contribution in [0, 0.1) is 11.3 Å². The third-order valence-electron chi connectivity index (χ3n) is 4.41. The smallest absolute Gasteiger partial charge is 0.260 e. The molecule has 2 aromatic carbocycles. The number of benzene rings is 2. The predicted molar refractivity (Wildman–Crippen MR) is 113 cm³/mol. The molecule has 0 aliphatic heterocycles. The van der Waals surface area contributed by atoms with Crippen molar-refractivity contribution in [3.63, 3.8) is 0 Å². The molecule has 0 unspecified atom stereocenters. The highest BCUT2D eigenvalue weighted by Crippen LogP contribution is 2.32. The number of nitriles is 1. The predicted octanol–water partition coefficient (Wildman–Crippen LogP) is 4.01. The minimum atomic E-state index is -3.36. The van der Waals surface area contributed by atoms with Crippen LogP contribution in [-0.2, 0) is 16.4 Å². The number of anilines is 1. The molecule has 9 heteroatoms. The quantitative estimate of drug-likeness (QED) is 0.467. The van der Waals surface area contributed by atoms with Crippen molar-refractivity contribution >= 4 is 42.4 Å². The number of hydrogen-bond acceptors (Lipinski definition) is 7. The number of thiazole rings is 1. The highest BCUT2D eigenvalue weighted by molar-refractivity contribution is 7.90. The van der Waals surface area contributed by atoms with Gasteiger partial charge in [-0.15, -0.1) is 0 Å². The molecule has 2 heterocycles. The number of carbonyl (C=O) groups excluding carboxylic acids is 1. The summed E-state index contributed by atoms with van der Waals surface area (Å²) in [7, 11) is -3.36. The van der Waals surface area contributed by atoms with Crippen molar-refractivity contribution in [2.45, 2.75) is 11.4 Å². The van der Waals surface area contributed by atoms with Crippen LogP contribution in [0.5, 0.6) is 0 Å². The second-order valence-corrected chi connectivity index (χ2v) is 9.58. The maximum absolute atomic E-state index is 13.2. The number of aromatic nitrogens is 1. The van der Waals surface area contributed by atoms with E-state index in [-0.39, 0.29) is 17.3 Å². The van der Waals surface area contributed by atoms with Crippen molar-refractivity contribution in [3.05, 3.63) is 77.7 Å².